The van der Waals surface area contributed by atoms with Crippen molar-refractivity contribution in [1.29, 1.82) is 0 Å². The monoisotopic (exact) mass is 880 g/mol. The topological polar surface area (TPSA) is 133 Å². The summed E-state index contributed by atoms with van der Waals surface area (Å²) >= 11 is 1.48. The lowest BCUT2D eigenvalue weighted by Crippen LogP contribution is -2.63. The van der Waals surface area contributed by atoms with Gasteiger partial charge in [0.1, 0.15) is 13.2 Å². The zero-order valence-corrected chi connectivity index (χ0v) is 28.7. The molecule has 0 aromatic carbocycles. The van der Waals surface area contributed by atoms with Gasteiger partial charge in [0.2, 0.25) is 0 Å². The molecule has 9 nitrogen and oxygen atoms in total. The van der Waals surface area contributed by atoms with E-state index in [1.807, 2.05) is 0 Å². The van der Waals surface area contributed by atoms with Crippen LogP contribution in [0.5, 0.6) is 0 Å². The van der Waals surface area contributed by atoms with E-state index >= 15 is 0 Å². The summed E-state index contributed by atoms with van der Waals surface area (Å²) in [6.07, 6.45) is -13.7. The predicted molar refractivity (Wildman–Crippen MR) is 147 cm³/mol. The highest BCUT2D eigenvalue weighted by atomic mass is 32.2. The first kappa shape index (κ1) is 44.6. The van der Waals surface area contributed by atoms with E-state index in [4.69, 9.17) is 4.55 Å². The lowest BCUT2D eigenvalue weighted by Gasteiger charge is -2.65. The fraction of sp³-hybridized carbons (Fsp3) is 0.885. The van der Waals surface area contributed by atoms with Crippen molar-refractivity contribution in [2.45, 2.75) is 77.5 Å². The maximum Gasteiger partial charge on any atom is 0.460 e. The van der Waals surface area contributed by atoms with E-state index in [9.17, 15) is 93.0 Å². The number of esters is 3. The molecule has 1 heterocycles. The Morgan fingerprint density at radius 2 is 1.04 bits per heavy atom. The second-order valence-electron chi connectivity index (χ2n) is 13.6. The van der Waals surface area contributed by atoms with Gasteiger partial charge in [-0.2, -0.15) is 78.7 Å². The number of carbonyl (C=O) groups is 3. The van der Waals surface area contributed by atoms with Gasteiger partial charge in [-0.3, -0.25) is 9.35 Å². The van der Waals surface area contributed by atoms with Crippen LogP contribution in [-0.4, -0.2) is 108 Å². The number of halogens is 16. The Kier molecular flexibility index (Phi) is 11.2. The standard InChI is InChI=1S/C26H24F16O9S3/c27-19(28,54(46,47)48)8-51-14(43)18-3-11-1-12(4-18)20(13(2-11)5-18)52-9-17(10-53-20,6-49-15(44)21(29,30)23(33,34)25(37,38)39)7-50-16(45)22(31,32)24(35,36)26(40,41)42/h11-13H,1-10H2,(H,46,47,48). The minimum absolute atomic E-state index is 0.0745. The molecule has 5 fully saturated rings. The zero-order chi connectivity index (χ0) is 41.6. The minimum Gasteiger partial charge on any atom is -0.460 e. The SMILES string of the molecule is O=C(OCC(F)(F)S(=O)(=O)O)C12CC3CC(C1)C1(SCC(COC(=O)C(F)(F)C(F)(F)C(F)(F)F)(COC(=O)C(F)(F)C(F)(F)C(F)(F)F)CS1)C(C3)C2. The number of carbonyl (C=O) groups excluding carboxylic acids is 3. The van der Waals surface area contributed by atoms with Gasteiger partial charge in [-0.05, 0) is 49.9 Å². The maximum atomic E-state index is 14.0. The third-order valence-corrected chi connectivity index (χ3v) is 15.1. The molecule has 0 radical (unpaired) electrons. The molecular weight excluding hydrogens is 856 g/mol. The Balaban J connectivity index is 1.57. The highest BCUT2D eigenvalue weighted by Gasteiger charge is 2.79. The Morgan fingerprint density at radius 1 is 0.648 bits per heavy atom. The van der Waals surface area contributed by atoms with Crippen molar-refractivity contribution in [3.05, 3.63) is 0 Å². The first-order valence-corrected chi connectivity index (χ1v) is 18.2. The number of hydrogen-bond donors (Lipinski definition) is 1. The summed E-state index contributed by atoms with van der Waals surface area (Å²) in [6.45, 7) is -5.59. The minimum atomic E-state index is -7.04. The van der Waals surface area contributed by atoms with Gasteiger partial charge in [0.15, 0.2) is 6.61 Å². The van der Waals surface area contributed by atoms with Crippen molar-refractivity contribution < 1.29 is 112 Å². The lowest BCUT2D eigenvalue weighted by molar-refractivity contribution is -0.349. The van der Waals surface area contributed by atoms with Crippen molar-refractivity contribution in [3.8, 4) is 0 Å². The first-order valence-electron chi connectivity index (χ1n) is 14.8. The van der Waals surface area contributed by atoms with Crippen LogP contribution in [0.1, 0.15) is 32.1 Å². The second kappa shape index (κ2) is 13.5. The summed E-state index contributed by atoms with van der Waals surface area (Å²) in [5, 5.41) is -4.88. The van der Waals surface area contributed by atoms with Crippen LogP contribution in [0, 0.1) is 28.6 Å². The van der Waals surface area contributed by atoms with Gasteiger partial charge < -0.3 is 14.2 Å². The molecule has 0 amide bonds. The normalized spacial score (nSPS) is 27.5. The third kappa shape index (κ3) is 7.29. The molecule has 4 saturated carbocycles. The van der Waals surface area contributed by atoms with Crippen LogP contribution in [0.15, 0.2) is 0 Å². The number of thioether (sulfide) groups is 2. The molecule has 54 heavy (non-hydrogen) atoms. The highest BCUT2D eigenvalue weighted by Crippen LogP contribution is 2.72. The molecule has 1 N–H and O–H groups in total. The van der Waals surface area contributed by atoms with Crippen molar-refractivity contribution in [3.63, 3.8) is 0 Å². The number of alkyl halides is 16. The second-order valence-corrected chi connectivity index (χ2v) is 17.9. The number of rotatable bonds is 12. The Bertz CT molecular complexity index is 1530. The van der Waals surface area contributed by atoms with E-state index in [1.54, 1.807) is 0 Å². The summed E-state index contributed by atoms with van der Waals surface area (Å²) in [4.78, 5) is 36.8. The summed E-state index contributed by atoms with van der Waals surface area (Å²) < 4.78 is 255. The molecule has 2 atom stereocenters. The number of hydrogen-bond acceptors (Lipinski definition) is 10. The van der Waals surface area contributed by atoms with E-state index in [0.717, 1.165) is 23.5 Å². The van der Waals surface area contributed by atoms with E-state index in [0.29, 0.717) is 12.8 Å². The van der Waals surface area contributed by atoms with E-state index in [2.05, 4.69) is 14.2 Å². The number of ether oxygens (including phenoxy) is 3. The van der Waals surface area contributed by atoms with Crippen LogP contribution in [-0.2, 0) is 38.7 Å². The first-order chi connectivity index (χ1) is 24.0. The van der Waals surface area contributed by atoms with E-state index < -0.39 is 127 Å². The van der Waals surface area contributed by atoms with Crippen LogP contribution < -0.4 is 0 Å². The molecular formula is C26H24F16O9S3. The van der Waals surface area contributed by atoms with Gasteiger partial charge in [0, 0.05) is 11.5 Å². The van der Waals surface area contributed by atoms with Gasteiger partial charge in [-0.1, -0.05) is 0 Å². The largest absolute Gasteiger partial charge is 0.460 e. The Labute approximate surface area is 300 Å². The summed E-state index contributed by atoms with van der Waals surface area (Å²) in [5.74, 6) is -38.7. The predicted octanol–water partition coefficient (Wildman–Crippen LogP) is 6.75. The van der Waals surface area contributed by atoms with Crippen LogP contribution in [0.25, 0.3) is 0 Å². The molecule has 1 spiro atoms. The van der Waals surface area contributed by atoms with Gasteiger partial charge in [0.05, 0.1) is 14.9 Å². The fourth-order valence-electron chi connectivity index (χ4n) is 7.08. The summed E-state index contributed by atoms with van der Waals surface area (Å²) in [5.41, 5.74) is -3.89. The average molecular weight is 881 g/mol. The molecule has 0 aromatic heterocycles. The maximum absolute atomic E-state index is 14.0. The Hall–Kier alpha value is -2.10. The van der Waals surface area contributed by atoms with Gasteiger partial charge >= 0.3 is 69.3 Å². The molecule has 0 aromatic rings. The van der Waals surface area contributed by atoms with Crippen LogP contribution in [0.4, 0.5) is 70.2 Å². The van der Waals surface area contributed by atoms with Crippen LogP contribution >= 0.6 is 23.5 Å². The van der Waals surface area contributed by atoms with Crippen molar-refractivity contribution in [2.24, 2.45) is 28.6 Å². The molecule has 28 heteroatoms. The Morgan fingerprint density at radius 3 is 1.39 bits per heavy atom. The van der Waals surface area contributed by atoms with Gasteiger partial charge in [0.25, 0.3) is 0 Å². The van der Waals surface area contributed by atoms with E-state index in [-0.39, 0.29) is 25.2 Å². The third-order valence-electron chi connectivity index (χ3n) is 9.75. The van der Waals surface area contributed by atoms with Gasteiger partial charge in [-0.25, -0.2) is 9.59 Å². The molecule has 312 valence electrons. The fourth-order valence-corrected chi connectivity index (χ4v) is 11.4. The smallest absolute Gasteiger partial charge is 0.460 e. The lowest BCUT2D eigenvalue weighted by atomic mass is 9.49. The molecule has 1 saturated heterocycles. The van der Waals surface area contributed by atoms with Crippen LogP contribution in [0.2, 0.25) is 0 Å². The zero-order valence-electron chi connectivity index (χ0n) is 26.3. The van der Waals surface area contributed by atoms with E-state index in [1.165, 1.54) is 0 Å². The molecule has 2 unspecified atom stereocenters. The van der Waals surface area contributed by atoms with Gasteiger partial charge in [-0.15, -0.1) is 23.5 Å². The molecule has 1 aliphatic heterocycles. The summed E-state index contributed by atoms with van der Waals surface area (Å²) in [7, 11) is -5.99. The van der Waals surface area contributed by atoms with Crippen molar-refractivity contribution >= 4 is 51.5 Å². The van der Waals surface area contributed by atoms with Crippen molar-refractivity contribution in [1.82, 2.24) is 0 Å². The van der Waals surface area contributed by atoms with Crippen LogP contribution in [0.3, 0.4) is 0 Å². The quantitative estimate of drug-likeness (QED) is 0.0967. The molecule has 5 rings (SSSR count). The molecule has 4 aliphatic carbocycles. The summed E-state index contributed by atoms with van der Waals surface area (Å²) in [6, 6.07) is 0. The average Bonchev–Trinajstić information content (AvgIpc) is 3.02. The van der Waals surface area contributed by atoms with Crippen molar-refractivity contribution in [2.75, 3.05) is 31.3 Å². The molecule has 4 bridgehead atoms. The highest BCUT2D eigenvalue weighted by molar-refractivity contribution is 8.18. The molecule has 5 aliphatic rings.